The first kappa shape index (κ1) is 42.7. The van der Waals surface area contributed by atoms with Crippen molar-refractivity contribution in [3.63, 3.8) is 0 Å². The Labute approximate surface area is 273 Å². The van der Waals surface area contributed by atoms with Gasteiger partial charge in [0.25, 0.3) is 0 Å². The van der Waals surface area contributed by atoms with Crippen molar-refractivity contribution in [2.24, 2.45) is 15.8 Å². The average molecular weight is 826 g/mol. The molecule has 236 valence electrons. The number of benzene rings is 2. The van der Waals surface area contributed by atoms with Crippen LogP contribution in [-0.4, -0.2) is 26.2 Å². The monoisotopic (exact) mass is 825 g/mol. The number of alkyl halides is 6. The van der Waals surface area contributed by atoms with Crippen molar-refractivity contribution in [1.82, 2.24) is 0 Å². The zero-order valence-corrected chi connectivity index (χ0v) is 30.5. The molecule has 2 aliphatic rings. The Morgan fingerprint density at radius 1 is 1.00 bits per heavy atom. The SMILES string of the molecule is C=Nc1ccc(OC)cc1C.CC1(C(F)(F)F)CC1.CCCC1(C(F)(F)F)CC1.CCc1cc[c-]cc1C(C)C.[CH3-].[U+2]. The van der Waals surface area contributed by atoms with Gasteiger partial charge in [0.15, 0.2) is 0 Å². The number of nitrogens with zero attached hydrogens (tertiary/aromatic N) is 1. The second-order valence-electron chi connectivity index (χ2n) is 11.0. The molecule has 0 spiro atoms. The summed E-state index contributed by atoms with van der Waals surface area (Å²) in [4.78, 5) is 3.84. The number of rotatable bonds is 6. The zero-order chi connectivity index (χ0) is 30.8. The number of aryl methyl sites for hydroxylation is 2. The molecule has 2 fully saturated rings. The Morgan fingerprint density at radius 2 is 1.57 bits per heavy atom. The largest absolute Gasteiger partial charge is 2.00 e. The molecule has 0 N–H and O–H groups in total. The summed E-state index contributed by atoms with van der Waals surface area (Å²) in [5.74, 6) is 1.48. The van der Waals surface area contributed by atoms with Gasteiger partial charge in [0, 0.05) is 0 Å². The number of halogens is 6. The van der Waals surface area contributed by atoms with E-state index < -0.39 is 23.2 Å². The molecule has 9 heteroatoms. The fourth-order valence-electron chi connectivity index (χ4n) is 4.04. The second-order valence-corrected chi connectivity index (χ2v) is 11.0. The van der Waals surface area contributed by atoms with Crippen LogP contribution in [0.25, 0.3) is 0 Å². The van der Waals surface area contributed by atoms with Gasteiger partial charge in [0.1, 0.15) is 5.75 Å². The van der Waals surface area contributed by atoms with Crippen molar-refractivity contribution in [2.75, 3.05) is 7.11 Å². The van der Waals surface area contributed by atoms with Gasteiger partial charge in [-0.2, -0.15) is 61.7 Å². The third-order valence-corrected chi connectivity index (χ3v) is 7.44. The van der Waals surface area contributed by atoms with E-state index in [0.29, 0.717) is 44.4 Å². The number of aliphatic imine (C=N–C) groups is 1. The molecule has 2 aliphatic carbocycles. The van der Waals surface area contributed by atoms with Crippen molar-refractivity contribution in [3.05, 3.63) is 66.6 Å². The van der Waals surface area contributed by atoms with Gasteiger partial charge < -0.3 is 12.2 Å². The molecule has 2 nitrogen and oxygen atoms in total. The quantitative estimate of drug-likeness (QED) is 0.162. The predicted octanol–water partition coefficient (Wildman–Crippen LogP) is 11.4. The van der Waals surface area contributed by atoms with E-state index >= 15 is 0 Å². The Hall–Kier alpha value is -1.46. The molecule has 0 aliphatic heterocycles. The van der Waals surface area contributed by atoms with E-state index in [-0.39, 0.29) is 38.5 Å². The first-order valence-corrected chi connectivity index (χ1v) is 13.7. The van der Waals surface area contributed by atoms with Crippen LogP contribution in [-0.2, 0) is 6.42 Å². The molecule has 0 saturated heterocycles. The van der Waals surface area contributed by atoms with Crippen LogP contribution in [0.1, 0.15) is 95.8 Å². The van der Waals surface area contributed by atoms with Gasteiger partial charge in [-0.05, 0) is 69.5 Å². The van der Waals surface area contributed by atoms with Gasteiger partial charge in [-0.15, -0.1) is 0 Å². The Kier molecular flexibility index (Phi) is 18.7. The van der Waals surface area contributed by atoms with Gasteiger partial charge in [0.05, 0.1) is 23.6 Å². The summed E-state index contributed by atoms with van der Waals surface area (Å²) in [6.45, 7) is 15.1. The maximum absolute atomic E-state index is 12.1. The molecular formula is C33H47F6NOU. The predicted molar refractivity (Wildman–Crippen MR) is 158 cm³/mol. The molecule has 0 aromatic heterocycles. The fourth-order valence-corrected chi connectivity index (χ4v) is 4.04. The molecule has 4 rings (SSSR count). The molecule has 0 unspecified atom stereocenters. The van der Waals surface area contributed by atoms with Crippen LogP contribution in [0.4, 0.5) is 32.0 Å². The second kappa shape index (κ2) is 18.4. The summed E-state index contributed by atoms with van der Waals surface area (Å²) in [5.41, 5.74) is 2.31. The molecule has 0 atom stereocenters. The van der Waals surface area contributed by atoms with Gasteiger partial charge in [-0.1, -0.05) is 53.4 Å². The topological polar surface area (TPSA) is 21.6 Å². The molecule has 2 saturated carbocycles. The van der Waals surface area contributed by atoms with E-state index in [1.165, 1.54) is 18.1 Å². The standard InChI is InChI=1S/C11H15.C9H11NO.C7H11F3.C5H7F3.CH3.U/c1-4-10-7-5-6-8-11(10)9(2)3;1-7-6-8(11-3)4-5-9(7)10-2;1-2-3-6(4-5-6)7(8,9)10;1-4(2-3-4)5(6,7)8;;/h5,7-9H,4H2,1-3H3;4-6H,2H2,1,3H3;2-5H2,1H3;2-3H2,1H3;1H3;/q-1;;;;-1;+2. The van der Waals surface area contributed by atoms with Crippen LogP contribution in [0.5, 0.6) is 5.75 Å². The maximum atomic E-state index is 12.1. The fraction of sp³-hybridized carbons (Fsp3) is 0.576. The van der Waals surface area contributed by atoms with Crippen LogP contribution < -0.4 is 4.74 Å². The number of ether oxygens (including phenoxy) is 1. The summed E-state index contributed by atoms with van der Waals surface area (Å²) in [6.07, 6.45) is -4.48. The Balaban J connectivity index is 0. The number of methoxy groups -OCH3 is 1. The van der Waals surface area contributed by atoms with Crippen LogP contribution in [0.3, 0.4) is 0 Å². The van der Waals surface area contributed by atoms with Crippen LogP contribution in [0, 0.1) is 62.4 Å². The molecule has 2 aromatic rings. The van der Waals surface area contributed by atoms with E-state index in [9.17, 15) is 26.3 Å². The minimum Gasteiger partial charge on any atom is -0.497 e. The van der Waals surface area contributed by atoms with Crippen LogP contribution >= 0.6 is 0 Å². The maximum Gasteiger partial charge on any atom is 2.00 e. The van der Waals surface area contributed by atoms with E-state index in [1.54, 1.807) is 14.0 Å². The van der Waals surface area contributed by atoms with E-state index in [1.807, 2.05) is 31.2 Å². The molecule has 42 heavy (non-hydrogen) atoms. The molecule has 0 bridgehead atoms. The summed E-state index contributed by atoms with van der Waals surface area (Å²) in [6, 6.07) is 15.1. The normalized spacial score (nSPS) is 15.5. The summed E-state index contributed by atoms with van der Waals surface area (Å²) in [5, 5.41) is 0. The van der Waals surface area contributed by atoms with Crippen molar-refractivity contribution in [3.8, 4) is 5.75 Å². The minimum atomic E-state index is -3.95. The minimum absolute atomic E-state index is 0. The van der Waals surface area contributed by atoms with E-state index in [2.05, 4.69) is 50.7 Å². The molecule has 2 aromatic carbocycles. The smallest absolute Gasteiger partial charge is 0.497 e. The summed E-state index contributed by atoms with van der Waals surface area (Å²) < 4.78 is 76.2. The zero-order valence-electron chi connectivity index (χ0n) is 26.3. The van der Waals surface area contributed by atoms with Crippen LogP contribution in [0.2, 0.25) is 0 Å². The first-order valence-electron chi connectivity index (χ1n) is 13.7. The summed E-state index contributed by atoms with van der Waals surface area (Å²) in [7, 11) is 1.65. The molecular weight excluding hydrogens is 778 g/mol. The summed E-state index contributed by atoms with van der Waals surface area (Å²) >= 11 is 0. The van der Waals surface area contributed by atoms with Gasteiger partial charge >= 0.3 is 43.5 Å². The van der Waals surface area contributed by atoms with Crippen molar-refractivity contribution in [2.45, 2.75) is 105 Å². The number of hydrogen-bond acceptors (Lipinski definition) is 2. The van der Waals surface area contributed by atoms with Crippen molar-refractivity contribution < 1.29 is 62.2 Å². The Bertz CT molecular complexity index is 1050. The Morgan fingerprint density at radius 3 is 1.83 bits per heavy atom. The van der Waals surface area contributed by atoms with Gasteiger partial charge in [-0.25, -0.2) is 0 Å². The van der Waals surface area contributed by atoms with E-state index in [4.69, 9.17) is 4.74 Å². The van der Waals surface area contributed by atoms with Crippen molar-refractivity contribution in [1.29, 1.82) is 0 Å². The van der Waals surface area contributed by atoms with E-state index in [0.717, 1.165) is 23.4 Å². The first-order chi connectivity index (χ1) is 18.5. The molecule has 0 amide bonds. The van der Waals surface area contributed by atoms with Crippen LogP contribution in [0.15, 0.2) is 41.4 Å². The molecule has 0 radical (unpaired) electrons. The van der Waals surface area contributed by atoms with Gasteiger partial charge in [0.2, 0.25) is 0 Å². The number of hydrogen-bond donors (Lipinski definition) is 0. The third kappa shape index (κ3) is 13.0. The third-order valence-electron chi connectivity index (χ3n) is 7.44. The van der Waals surface area contributed by atoms with Gasteiger partial charge in [-0.3, -0.25) is 4.99 Å². The van der Waals surface area contributed by atoms with Crippen molar-refractivity contribution >= 4 is 12.4 Å². The average Bonchev–Trinajstić information content (AvgIpc) is 3.82. The molecule has 0 heterocycles.